The maximum Gasteiger partial charge on any atom is 0.161 e. The van der Waals surface area contributed by atoms with Gasteiger partial charge >= 0.3 is 0 Å². The van der Waals surface area contributed by atoms with Gasteiger partial charge in [-0.15, -0.1) is 0 Å². The minimum atomic E-state index is -1.28. The molecule has 2 aromatic rings. The molecule has 10 nitrogen and oxygen atoms in total. The number of aromatic hydroxyl groups is 1. The first-order valence-corrected chi connectivity index (χ1v) is 18.0. The van der Waals surface area contributed by atoms with Crippen LogP contribution in [0.2, 0.25) is 0 Å². The summed E-state index contributed by atoms with van der Waals surface area (Å²) in [5.74, 6) is 5.67. The number of nitrogens with two attached hydrogens (primary N) is 1. The normalized spacial score (nSPS) is 33.4. The van der Waals surface area contributed by atoms with Crippen LogP contribution in [0.3, 0.4) is 0 Å². The second-order valence-corrected chi connectivity index (χ2v) is 14.2. The maximum atomic E-state index is 11.5. The topological polar surface area (TPSA) is 184 Å². The van der Waals surface area contributed by atoms with Gasteiger partial charge < -0.3 is 51.4 Å². The summed E-state index contributed by atoms with van der Waals surface area (Å²) in [6, 6.07) is 9.00. The lowest BCUT2D eigenvalue weighted by molar-refractivity contribution is -0.0608. The number of phenols is 1. The van der Waals surface area contributed by atoms with Crippen LogP contribution in [0.4, 0.5) is 0 Å². The van der Waals surface area contributed by atoms with E-state index < -0.39 is 42.4 Å². The number of fused-ring (bicyclic) bond motifs is 1. The number of phenolic OH excluding ortho intramolecular Hbond substituents is 1. The Morgan fingerprint density at radius 1 is 0.980 bits per heavy atom. The molecule has 0 saturated carbocycles. The van der Waals surface area contributed by atoms with E-state index in [4.69, 9.17) is 10.5 Å². The average molecular weight is 686 g/mol. The van der Waals surface area contributed by atoms with Crippen molar-refractivity contribution in [3.05, 3.63) is 95.6 Å². The van der Waals surface area contributed by atoms with Crippen LogP contribution in [-0.4, -0.2) is 79.3 Å². The van der Waals surface area contributed by atoms with Crippen molar-refractivity contribution in [1.29, 1.82) is 0 Å². The van der Waals surface area contributed by atoms with E-state index in [0.29, 0.717) is 38.0 Å². The number of aromatic amines is 1. The molecule has 2 heterocycles. The second kappa shape index (κ2) is 16.4. The summed E-state index contributed by atoms with van der Waals surface area (Å²) in [6.45, 7) is 0.632. The minimum Gasteiger partial charge on any atom is -0.504 e. The van der Waals surface area contributed by atoms with Gasteiger partial charge in [0, 0.05) is 54.6 Å². The third-order valence-corrected chi connectivity index (χ3v) is 10.8. The Hall–Kier alpha value is -3.98. The van der Waals surface area contributed by atoms with Gasteiger partial charge in [-0.25, -0.2) is 0 Å². The molecule has 10 heteroatoms. The number of allylic oxidation sites excluding steroid dienone is 4. The number of benzene rings is 1. The van der Waals surface area contributed by atoms with E-state index in [1.807, 2.05) is 42.6 Å². The van der Waals surface area contributed by atoms with Crippen molar-refractivity contribution in [3.63, 3.8) is 0 Å². The molecule has 1 aromatic carbocycles. The molecule has 50 heavy (non-hydrogen) atoms. The standard InChI is InChI=1S/C40H51N3O7/c41-37-22-28(15-18-43-37)31(23-29-5-3-17-42-29)30-12-14-34(47)39(49)40(30)50-36-21-27(11-13-32(36)45)26-10-9-25-8-7-24(16-19-44)4-1-2-6-33(46)38(25)35(48)20-26/h3,5,9-15,17,21-22,24-26,30-31,33-35,38-40,42-49H,1-2,4,6,16,18-20,23,41H2/t24-,25+,26+,30-,31-,33-,34+,35+,38+,39-,40-/m0/s1. The molecule has 0 saturated heterocycles. The summed E-state index contributed by atoms with van der Waals surface area (Å²) < 4.78 is 6.51. The van der Waals surface area contributed by atoms with Crippen molar-refractivity contribution in [2.75, 3.05) is 13.2 Å². The van der Waals surface area contributed by atoms with E-state index in [-0.39, 0.29) is 41.8 Å². The summed E-state index contributed by atoms with van der Waals surface area (Å²) in [5, 5.41) is 68.6. The molecular weight excluding hydrogens is 634 g/mol. The number of nitrogens with one attached hydrogen (secondary N) is 2. The van der Waals surface area contributed by atoms with Gasteiger partial charge in [-0.3, -0.25) is 0 Å². The van der Waals surface area contributed by atoms with Gasteiger partial charge in [-0.05, 0) is 79.5 Å². The number of H-pyrrole nitrogens is 1. The van der Waals surface area contributed by atoms with Crippen molar-refractivity contribution >= 4 is 0 Å². The quantitative estimate of drug-likeness (QED) is 0.141. The molecule has 1 aromatic heterocycles. The summed E-state index contributed by atoms with van der Waals surface area (Å²) in [4.78, 5) is 3.27. The molecule has 0 fully saturated rings. The zero-order valence-corrected chi connectivity index (χ0v) is 28.3. The third-order valence-electron chi connectivity index (χ3n) is 10.8. The molecule has 11 atom stereocenters. The van der Waals surface area contributed by atoms with Crippen LogP contribution < -0.4 is 15.8 Å². The van der Waals surface area contributed by atoms with Crippen molar-refractivity contribution in [2.24, 2.45) is 35.3 Å². The Kier molecular flexibility index (Phi) is 11.7. The van der Waals surface area contributed by atoms with E-state index in [9.17, 15) is 30.6 Å². The summed E-state index contributed by atoms with van der Waals surface area (Å²) >= 11 is 0. The van der Waals surface area contributed by atoms with Crippen LogP contribution in [0.25, 0.3) is 0 Å². The Balaban J connectivity index is 1.29. The molecule has 6 rings (SSSR count). The Morgan fingerprint density at radius 3 is 2.60 bits per heavy atom. The molecule has 3 aliphatic carbocycles. The fourth-order valence-corrected chi connectivity index (χ4v) is 8.04. The smallest absolute Gasteiger partial charge is 0.161 e. The van der Waals surface area contributed by atoms with Gasteiger partial charge in [-0.1, -0.05) is 61.1 Å². The van der Waals surface area contributed by atoms with Gasteiger partial charge in [0.1, 0.15) is 18.3 Å². The maximum absolute atomic E-state index is 11.5. The van der Waals surface area contributed by atoms with Crippen molar-refractivity contribution in [3.8, 4) is 23.3 Å². The van der Waals surface area contributed by atoms with Crippen LogP contribution in [-0.2, 0) is 6.42 Å². The third kappa shape index (κ3) is 8.31. The largest absolute Gasteiger partial charge is 0.504 e. The highest BCUT2D eigenvalue weighted by Crippen LogP contribution is 2.41. The number of ether oxygens (including phenoxy) is 1. The van der Waals surface area contributed by atoms with Gasteiger partial charge in [0.2, 0.25) is 0 Å². The number of hydrogen-bond donors (Lipinski definition) is 9. The number of rotatable bonds is 9. The fourth-order valence-electron chi connectivity index (χ4n) is 8.04. The second-order valence-electron chi connectivity index (χ2n) is 14.2. The summed E-state index contributed by atoms with van der Waals surface area (Å²) in [7, 11) is 0. The fraction of sp³-hybridized carbons (Fsp3) is 0.500. The summed E-state index contributed by atoms with van der Waals surface area (Å²) in [5.41, 5.74) is 8.93. The van der Waals surface area contributed by atoms with Crippen molar-refractivity contribution in [1.82, 2.24) is 10.3 Å². The van der Waals surface area contributed by atoms with E-state index in [0.717, 1.165) is 36.1 Å². The molecule has 0 unspecified atom stereocenters. The number of hydrogen-bond acceptors (Lipinski definition) is 9. The molecule has 4 aliphatic rings. The van der Waals surface area contributed by atoms with Gasteiger partial charge in [-0.2, -0.15) is 0 Å². The number of aliphatic hydroxyl groups is 5. The zero-order chi connectivity index (χ0) is 35.2. The number of aromatic nitrogens is 1. The molecule has 1 aliphatic heterocycles. The Morgan fingerprint density at radius 2 is 1.82 bits per heavy atom. The highest BCUT2D eigenvalue weighted by atomic mass is 16.5. The van der Waals surface area contributed by atoms with Gasteiger partial charge in [0.15, 0.2) is 11.5 Å². The van der Waals surface area contributed by atoms with Crippen LogP contribution in [0.1, 0.15) is 55.7 Å². The zero-order valence-electron chi connectivity index (χ0n) is 28.3. The van der Waals surface area contributed by atoms with Gasteiger partial charge in [0.05, 0.1) is 18.0 Å². The number of aliphatic hydroxyl groups excluding tert-OH is 5. The lowest BCUT2D eigenvalue weighted by Gasteiger charge is -2.39. The molecule has 268 valence electrons. The van der Waals surface area contributed by atoms with E-state index in [1.165, 1.54) is 0 Å². The van der Waals surface area contributed by atoms with Crippen LogP contribution in [0, 0.1) is 41.4 Å². The first-order valence-electron chi connectivity index (χ1n) is 18.0. The van der Waals surface area contributed by atoms with E-state index in [2.05, 4.69) is 28.2 Å². The SMILES string of the molecule is NC1=CC([C@H](Cc2ccc[nH]2)[C@@H]2C=C[C@@H](O)[C@H](O)[C@H]2Oc2cc([C@@H]3C=C[C@H]4C#C[C@@H](CCO)CCCC[C@H](O)[C@@H]4[C@H](O)C3)ccc2O)=CCN1. The predicted octanol–water partition coefficient (Wildman–Crippen LogP) is 3.14. The summed E-state index contributed by atoms with van der Waals surface area (Å²) in [6.07, 6.45) is 13.1. The van der Waals surface area contributed by atoms with E-state index >= 15 is 0 Å². The lowest BCUT2D eigenvalue weighted by Crippen LogP contribution is -2.50. The van der Waals surface area contributed by atoms with Crippen molar-refractivity contribution in [2.45, 2.75) is 81.4 Å². The molecule has 0 radical (unpaired) electrons. The van der Waals surface area contributed by atoms with Crippen LogP contribution in [0.15, 0.2) is 84.4 Å². The first kappa shape index (κ1) is 35.8. The Labute approximate surface area is 294 Å². The lowest BCUT2D eigenvalue weighted by atomic mass is 9.74. The minimum absolute atomic E-state index is 0.0736. The molecule has 0 bridgehead atoms. The molecule has 10 N–H and O–H groups in total. The van der Waals surface area contributed by atoms with Crippen LogP contribution in [0.5, 0.6) is 11.5 Å². The highest BCUT2D eigenvalue weighted by Gasteiger charge is 2.42. The molecule has 0 spiro atoms. The van der Waals surface area contributed by atoms with E-state index in [1.54, 1.807) is 24.3 Å². The first-order chi connectivity index (χ1) is 24.2. The van der Waals surface area contributed by atoms with Gasteiger partial charge in [0.25, 0.3) is 0 Å². The number of dihydropyridines is 1. The van der Waals surface area contributed by atoms with Crippen LogP contribution >= 0.6 is 0 Å². The Bertz CT molecular complexity index is 1620. The monoisotopic (exact) mass is 685 g/mol. The molecule has 0 amide bonds. The van der Waals surface area contributed by atoms with Crippen molar-refractivity contribution < 1.29 is 35.4 Å². The average Bonchev–Trinajstić information content (AvgIpc) is 3.56. The molecular formula is C40H51N3O7. The highest BCUT2D eigenvalue weighted by molar-refractivity contribution is 5.45. The predicted molar refractivity (Wildman–Crippen MR) is 190 cm³/mol.